The average molecular weight is 325 g/mol. The molecule has 24 heavy (non-hydrogen) atoms. The summed E-state index contributed by atoms with van der Waals surface area (Å²) in [5.74, 6) is -0.791. The normalized spacial score (nSPS) is 11.6. The Morgan fingerprint density at radius 2 is 1.75 bits per heavy atom. The van der Waals surface area contributed by atoms with Gasteiger partial charge in [-0.2, -0.15) is 0 Å². The van der Waals surface area contributed by atoms with Gasteiger partial charge in [0.2, 0.25) is 0 Å². The summed E-state index contributed by atoms with van der Waals surface area (Å²) in [5, 5.41) is 2.90. The summed E-state index contributed by atoms with van der Waals surface area (Å²) in [4.78, 5) is 24.0. The van der Waals surface area contributed by atoms with Crippen LogP contribution in [0.2, 0.25) is 0 Å². The highest BCUT2D eigenvalue weighted by molar-refractivity contribution is 5.91. The van der Waals surface area contributed by atoms with Gasteiger partial charge in [0.1, 0.15) is 0 Å². The van der Waals surface area contributed by atoms with Gasteiger partial charge in [0.25, 0.3) is 5.91 Å². The zero-order valence-corrected chi connectivity index (χ0v) is 14.3. The maximum absolute atomic E-state index is 12.1. The molecule has 2 rings (SSSR count). The Labute approximate surface area is 142 Å². The van der Waals surface area contributed by atoms with Gasteiger partial charge < -0.3 is 10.1 Å². The van der Waals surface area contributed by atoms with Crippen LogP contribution in [0, 0.1) is 13.8 Å². The van der Waals surface area contributed by atoms with Crippen LogP contribution in [0.1, 0.15) is 46.4 Å². The van der Waals surface area contributed by atoms with Crippen molar-refractivity contribution in [1.82, 2.24) is 5.32 Å². The number of carbonyl (C=O) groups is 2. The van der Waals surface area contributed by atoms with Crippen LogP contribution in [-0.4, -0.2) is 18.5 Å². The first-order valence-electron chi connectivity index (χ1n) is 8.09. The summed E-state index contributed by atoms with van der Waals surface area (Å²) < 4.78 is 5.09. The van der Waals surface area contributed by atoms with Crippen molar-refractivity contribution in [2.45, 2.75) is 33.2 Å². The predicted molar refractivity (Wildman–Crippen MR) is 93.8 cm³/mol. The topological polar surface area (TPSA) is 55.4 Å². The minimum Gasteiger partial charge on any atom is -0.452 e. The third-order valence-electron chi connectivity index (χ3n) is 3.81. The van der Waals surface area contributed by atoms with E-state index in [0.717, 1.165) is 17.5 Å². The Bertz CT molecular complexity index is 707. The standard InChI is InChI=1S/C20H23NO3/c1-4-18(16-10-8-14(2)9-11-16)21-19(22)13-24-20(23)17-7-5-6-15(3)12-17/h5-12,18H,4,13H2,1-3H3,(H,21,22)/t18-/m0/s1. The molecule has 1 N–H and O–H groups in total. The van der Waals surface area contributed by atoms with Crippen LogP contribution in [-0.2, 0) is 9.53 Å². The van der Waals surface area contributed by atoms with Gasteiger partial charge >= 0.3 is 5.97 Å². The molecule has 2 aromatic carbocycles. The minimum absolute atomic E-state index is 0.0872. The SMILES string of the molecule is CC[C@H](NC(=O)COC(=O)c1cccc(C)c1)c1ccc(C)cc1. The number of benzene rings is 2. The summed E-state index contributed by atoms with van der Waals surface area (Å²) >= 11 is 0. The van der Waals surface area contributed by atoms with E-state index in [4.69, 9.17) is 4.74 Å². The maximum Gasteiger partial charge on any atom is 0.338 e. The van der Waals surface area contributed by atoms with Crippen molar-refractivity contribution in [2.24, 2.45) is 0 Å². The fourth-order valence-electron chi connectivity index (χ4n) is 2.44. The number of hydrogen-bond donors (Lipinski definition) is 1. The monoisotopic (exact) mass is 325 g/mol. The average Bonchev–Trinajstić information content (AvgIpc) is 2.58. The van der Waals surface area contributed by atoms with Crippen molar-refractivity contribution >= 4 is 11.9 Å². The molecular formula is C20H23NO3. The number of aryl methyl sites for hydroxylation is 2. The third kappa shape index (κ3) is 4.95. The number of nitrogens with one attached hydrogen (secondary N) is 1. The fourth-order valence-corrected chi connectivity index (χ4v) is 2.44. The number of ether oxygens (including phenoxy) is 1. The zero-order valence-electron chi connectivity index (χ0n) is 14.3. The first-order chi connectivity index (χ1) is 11.5. The van der Waals surface area contributed by atoms with Gasteiger partial charge in [-0.3, -0.25) is 4.79 Å². The second-order valence-corrected chi connectivity index (χ2v) is 5.88. The van der Waals surface area contributed by atoms with Crippen LogP contribution in [0.5, 0.6) is 0 Å². The van der Waals surface area contributed by atoms with Crippen molar-refractivity contribution in [1.29, 1.82) is 0 Å². The van der Waals surface area contributed by atoms with Gasteiger partial charge in [-0.25, -0.2) is 4.79 Å². The molecule has 0 spiro atoms. The molecule has 0 saturated heterocycles. The van der Waals surface area contributed by atoms with Gasteiger partial charge in [0, 0.05) is 0 Å². The lowest BCUT2D eigenvalue weighted by Gasteiger charge is -2.17. The van der Waals surface area contributed by atoms with Gasteiger partial charge in [-0.1, -0.05) is 54.4 Å². The Morgan fingerprint density at radius 1 is 1.04 bits per heavy atom. The number of amides is 1. The number of esters is 1. The summed E-state index contributed by atoms with van der Waals surface area (Å²) in [6.45, 7) is 5.64. The van der Waals surface area contributed by atoms with E-state index in [2.05, 4.69) is 5.32 Å². The Balaban J connectivity index is 1.89. The van der Waals surface area contributed by atoms with Gasteiger partial charge in [0.15, 0.2) is 6.61 Å². The fraction of sp³-hybridized carbons (Fsp3) is 0.300. The van der Waals surface area contributed by atoms with Crippen molar-refractivity contribution in [3.05, 3.63) is 70.8 Å². The lowest BCUT2D eigenvalue weighted by atomic mass is 10.0. The van der Waals surface area contributed by atoms with E-state index >= 15 is 0 Å². The molecule has 0 heterocycles. The van der Waals surface area contributed by atoms with Crippen LogP contribution < -0.4 is 5.32 Å². The quantitative estimate of drug-likeness (QED) is 0.823. The molecule has 1 amide bonds. The van der Waals surface area contributed by atoms with E-state index in [1.54, 1.807) is 18.2 Å². The molecule has 0 saturated carbocycles. The van der Waals surface area contributed by atoms with Crippen LogP contribution >= 0.6 is 0 Å². The lowest BCUT2D eigenvalue weighted by molar-refractivity contribution is -0.125. The van der Waals surface area contributed by atoms with Crippen LogP contribution in [0.15, 0.2) is 48.5 Å². The summed E-state index contributed by atoms with van der Waals surface area (Å²) in [6.07, 6.45) is 0.765. The molecule has 0 aliphatic rings. The second-order valence-electron chi connectivity index (χ2n) is 5.88. The van der Waals surface area contributed by atoms with Crippen molar-refractivity contribution in [3.63, 3.8) is 0 Å². The summed E-state index contributed by atoms with van der Waals surface area (Å²) in [6, 6.07) is 15.0. The molecule has 1 atom stereocenters. The molecular weight excluding hydrogens is 302 g/mol. The molecule has 0 fully saturated rings. The molecule has 4 heteroatoms. The van der Waals surface area contributed by atoms with Gasteiger partial charge in [0.05, 0.1) is 11.6 Å². The van der Waals surface area contributed by atoms with Crippen molar-refractivity contribution in [3.8, 4) is 0 Å². The smallest absolute Gasteiger partial charge is 0.338 e. The maximum atomic E-state index is 12.1. The second kappa shape index (κ2) is 8.29. The molecule has 2 aromatic rings. The molecule has 0 radical (unpaired) electrons. The van der Waals surface area contributed by atoms with E-state index in [9.17, 15) is 9.59 Å². The number of carbonyl (C=O) groups excluding carboxylic acids is 2. The van der Waals surface area contributed by atoms with E-state index in [1.807, 2.05) is 51.1 Å². The Morgan fingerprint density at radius 3 is 2.38 bits per heavy atom. The predicted octanol–water partition coefficient (Wildman–Crippen LogP) is 3.73. The van der Waals surface area contributed by atoms with Crippen LogP contribution in [0.4, 0.5) is 0 Å². The Kier molecular flexibility index (Phi) is 6.13. The summed E-state index contributed by atoms with van der Waals surface area (Å²) in [5.41, 5.74) is 3.64. The zero-order chi connectivity index (χ0) is 17.5. The van der Waals surface area contributed by atoms with E-state index in [1.165, 1.54) is 5.56 Å². The highest BCUT2D eigenvalue weighted by Gasteiger charge is 2.15. The number of hydrogen-bond acceptors (Lipinski definition) is 3. The highest BCUT2D eigenvalue weighted by Crippen LogP contribution is 2.17. The van der Waals surface area contributed by atoms with Crippen molar-refractivity contribution < 1.29 is 14.3 Å². The summed E-state index contributed by atoms with van der Waals surface area (Å²) in [7, 11) is 0. The van der Waals surface area contributed by atoms with Crippen molar-refractivity contribution in [2.75, 3.05) is 6.61 Å². The van der Waals surface area contributed by atoms with Crippen LogP contribution in [0.25, 0.3) is 0 Å². The Hall–Kier alpha value is -2.62. The molecule has 0 aliphatic carbocycles. The molecule has 0 aromatic heterocycles. The van der Waals surface area contributed by atoms with Crippen LogP contribution in [0.3, 0.4) is 0 Å². The highest BCUT2D eigenvalue weighted by atomic mass is 16.5. The lowest BCUT2D eigenvalue weighted by Crippen LogP contribution is -2.32. The first kappa shape index (κ1) is 17.7. The number of rotatable bonds is 6. The largest absolute Gasteiger partial charge is 0.452 e. The molecule has 0 bridgehead atoms. The van der Waals surface area contributed by atoms with E-state index in [0.29, 0.717) is 5.56 Å². The van der Waals surface area contributed by atoms with Gasteiger partial charge in [-0.15, -0.1) is 0 Å². The minimum atomic E-state index is -0.489. The van der Waals surface area contributed by atoms with E-state index < -0.39 is 5.97 Å². The molecule has 4 nitrogen and oxygen atoms in total. The van der Waals surface area contributed by atoms with Gasteiger partial charge in [-0.05, 0) is 38.0 Å². The third-order valence-corrected chi connectivity index (χ3v) is 3.81. The molecule has 0 unspecified atom stereocenters. The van der Waals surface area contributed by atoms with E-state index in [-0.39, 0.29) is 18.6 Å². The molecule has 0 aliphatic heterocycles. The molecule has 126 valence electrons. The first-order valence-corrected chi connectivity index (χ1v) is 8.09.